The van der Waals surface area contributed by atoms with Crippen LogP contribution in [0.4, 0.5) is 0 Å². The highest BCUT2D eigenvalue weighted by molar-refractivity contribution is 7.11. The van der Waals surface area contributed by atoms with Gasteiger partial charge in [-0.1, -0.05) is 18.2 Å². The number of thiophene rings is 1. The van der Waals surface area contributed by atoms with Crippen LogP contribution in [0.15, 0.2) is 36.4 Å². The number of aryl methyl sites for hydroxylation is 1. The van der Waals surface area contributed by atoms with Crippen molar-refractivity contribution in [3.05, 3.63) is 57.3 Å². The average Bonchev–Trinajstić information content (AvgIpc) is 3.09. The normalized spacial score (nSPS) is 26.7. The van der Waals surface area contributed by atoms with Gasteiger partial charge in [0.25, 0.3) is 5.91 Å². The molecule has 2 aromatic rings. The lowest BCUT2D eigenvalue weighted by Crippen LogP contribution is -2.47. The number of ketones is 1. The van der Waals surface area contributed by atoms with E-state index in [1.807, 2.05) is 13.0 Å². The maximum Gasteiger partial charge on any atom is 0.252 e. The van der Waals surface area contributed by atoms with Gasteiger partial charge in [0.05, 0.1) is 17.0 Å². The lowest BCUT2D eigenvalue weighted by molar-refractivity contribution is 0.0789. The molecule has 5 heteroatoms. The molecule has 1 amide bonds. The minimum Gasteiger partial charge on any atom is -0.347 e. The Bertz CT molecular complexity index is 828. The smallest absolute Gasteiger partial charge is 0.252 e. The van der Waals surface area contributed by atoms with Crippen molar-refractivity contribution in [3.63, 3.8) is 0 Å². The molecule has 1 aromatic carbocycles. The van der Waals surface area contributed by atoms with Gasteiger partial charge in [-0.3, -0.25) is 14.5 Å². The van der Waals surface area contributed by atoms with E-state index in [4.69, 9.17) is 0 Å². The van der Waals surface area contributed by atoms with Crippen molar-refractivity contribution in [1.29, 1.82) is 0 Å². The summed E-state index contributed by atoms with van der Waals surface area (Å²) < 4.78 is 0. The quantitative estimate of drug-likeness (QED) is 0.914. The van der Waals surface area contributed by atoms with Gasteiger partial charge in [-0.2, -0.15) is 0 Å². The molecule has 0 saturated carbocycles. The fourth-order valence-corrected chi connectivity index (χ4v) is 4.80. The highest BCUT2D eigenvalue weighted by Gasteiger charge is 2.51. The Hall–Kier alpha value is -1.98. The number of benzene rings is 1. The molecule has 124 valence electrons. The summed E-state index contributed by atoms with van der Waals surface area (Å²) in [5, 5.41) is 3.09. The first-order valence-corrected chi connectivity index (χ1v) is 9.01. The molecule has 1 N–H and O–H groups in total. The third kappa shape index (κ3) is 2.39. The van der Waals surface area contributed by atoms with Crippen LogP contribution in [-0.4, -0.2) is 35.7 Å². The third-order valence-electron chi connectivity index (χ3n) is 5.18. The van der Waals surface area contributed by atoms with Gasteiger partial charge in [0.1, 0.15) is 0 Å². The summed E-state index contributed by atoms with van der Waals surface area (Å²) in [5.74, 6) is -0.0622. The summed E-state index contributed by atoms with van der Waals surface area (Å²) in [4.78, 5) is 30.6. The van der Waals surface area contributed by atoms with E-state index in [0.717, 1.165) is 6.54 Å². The molecule has 0 spiro atoms. The molecule has 0 radical (unpaired) electrons. The highest BCUT2D eigenvalue weighted by Crippen LogP contribution is 2.38. The molecule has 1 fully saturated rings. The Morgan fingerprint density at radius 2 is 1.96 bits per heavy atom. The Morgan fingerprint density at radius 3 is 2.67 bits per heavy atom. The standard InChI is InChI=1S/C19H20N2O2S/c1-12-7-8-13(24-12)9-21-10-16-19(2,11-21)17(22)14-5-3-4-6-15(14)18(23)20-16/h3-8,16H,9-11H2,1-2H3,(H,20,23)/t16-,19+/m1/s1. The van der Waals surface area contributed by atoms with Gasteiger partial charge in [-0.05, 0) is 32.0 Å². The van der Waals surface area contributed by atoms with Gasteiger partial charge >= 0.3 is 0 Å². The molecule has 2 aliphatic rings. The van der Waals surface area contributed by atoms with Crippen LogP contribution in [0.2, 0.25) is 0 Å². The number of amides is 1. The van der Waals surface area contributed by atoms with Crippen molar-refractivity contribution in [3.8, 4) is 0 Å². The first kappa shape index (κ1) is 15.5. The SMILES string of the molecule is Cc1ccc(CN2C[C@H]3NC(=O)c4ccccc4C(=O)[C@@]3(C)C2)s1. The molecular weight excluding hydrogens is 320 g/mol. The van der Waals surface area contributed by atoms with E-state index in [1.54, 1.807) is 29.5 Å². The van der Waals surface area contributed by atoms with Gasteiger partial charge in [-0.25, -0.2) is 0 Å². The van der Waals surface area contributed by atoms with E-state index in [2.05, 4.69) is 29.3 Å². The Morgan fingerprint density at radius 1 is 1.21 bits per heavy atom. The topological polar surface area (TPSA) is 49.4 Å². The Labute approximate surface area is 145 Å². The fourth-order valence-electron chi connectivity index (χ4n) is 3.87. The van der Waals surface area contributed by atoms with Gasteiger partial charge in [0.15, 0.2) is 5.78 Å². The Kier molecular flexibility index (Phi) is 3.58. The predicted octanol–water partition coefficient (Wildman–Crippen LogP) is 2.87. The van der Waals surface area contributed by atoms with Gasteiger partial charge < -0.3 is 5.32 Å². The van der Waals surface area contributed by atoms with E-state index in [1.165, 1.54) is 9.75 Å². The average molecular weight is 340 g/mol. The van der Waals surface area contributed by atoms with Crippen molar-refractivity contribution in [2.75, 3.05) is 13.1 Å². The molecule has 3 heterocycles. The van der Waals surface area contributed by atoms with Gasteiger partial charge in [-0.15, -0.1) is 11.3 Å². The van der Waals surface area contributed by atoms with Crippen LogP contribution in [0.5, 0.6) is 0 Å². The first-order valence-electron chi connectivity index (χ1n) is 8.20. The molecule has 0 unspecified atom stereocenters. The lowest BCUT2D eigenvalue weighted by atomic mass is 9.78. The molecule has 4 rings (SSSR count). The number of carbonyl (C=O) groups excluding carboxylic acids is 2. The molecule has 1 saturated heterocycles. The molecule has 0 aliphatic carbocycles. The van der Waals surface area contributed by atoms with Crippen molar-refractivity contribution in [1.82, 2.24) is 10.2 Å². The summed E-state index contributed by atoms with van der Waals surface area (Å²) in [6, 6.07) is 11.3. The van der Waals surface area contributed by atoms with Crippen molar-refractivity contribution < 1.29 is 9.59 Å². The number of fused-ring (bicyclic) bond motifs is 2. The molecule has 0 bridgehead atoms. The number of nitrogens with zero attached hydrogens (tertiary/aromatic N) is 1. The zero-order chi connectivity index (χ0) is 16.9. The van der Waals surface area contributed by atoms with E-state index < -0.39 is 5.41 Å². The molecule has 1 aromatic heterocycles. The summed E-state index contributed by atoms with van der Waals surface area (Å²) in [6.07, 6.45) is 0. The summed E-state index contributed by atoms with van der Waals surface area (Å²) in [6.45, 7) is 6.29. The van der Waals surface area contributed by atoms with Crippen LogP contribution in [0.25, 0.3) is 0 Å². The zero-order valence-electron chi connectivity index (χ0n) is 13.8. The molecule has 2 aliphatic heterocycles. The van der Waals surface area contributed by atoms with Crippen LogP contribution in [0.1, 0.15) is 37.4 Å². The predicted molar refractivity (Wildman–Crippen MR) is 94.5 cm³/mol. The van der Waals surface area contributed by atoms with E-state index >= 15 is 0 Å². The minimum absolute atomic E-state index is 0.0753. The van der Waals surface area contributed by atoms with Gasteiger partial charge in [0.2, 0.25) is 0 Å². The third-order valence-corrected chi connectivity index (χ3v) is 6.16. The summed E-state index contributed by atoms with van der Waals surface area (Å²) >= 11 is 1.79. The summed E-state index contributed by atoms with van der Waals surface area (Å²) in [5.41, 5.74) is 0.474. The number of hydrogen-bond donors (Lipinski definition) is 1. The second kappa shape index (κ2) is 5.53. The minimum atomic E-state index is -0.575. The number of rotatable bonds is 2. The highest BCUT2D eigenvalue weighted by atomic mass is 32.1. The second-order valence-corrected chi connectivity index (χ2v) is 8.37. The van der Waals surface area contributed by atoms with Crippen molar-refractivity contribution in [2.45, 2.75) is 26.4 Å². The van der Waals surface area contributed by atoms with E-state index in [-0.39, 0.29) is 17.7 Å². The largest absolute Gasteiger partial charge is 0.347 e. The Balaban J connectivity index is 1.64. The van der Waals surface area contributed by atoms with E-state index in [9.17, 15) is 9.59 Å². The van der Waals surface area contributed by atoms with Crippen LogP contribution >= 0.6 is 11.3 Å². The number of likely N-dealkylation sites (tertiary alicyclic amines) is 1. The maximum atomic E-state index is 13.2. The van der Waals surface area contributed by atoms with Crippen LogP contribution in [0.3, 0.4) is 0 Å². The number of carbonyl (C=O) groups is 2. The van der Waals surface area contributed by atoms with Gasteiger partial charge in [0, 0.05) is 35.0 Å². The maximum absolute atomic E-state index is 13.2. The zero-order valence-corrected chi connectivity index (χ0v) is 14.7. The monoisotopic (exact) mass is 340 g/mol. The molecular formula is C19H20N2O2S. The van der Waals surface area contributed by atoms with Crippen molar-refractivity contribution >= 4 is 23.0 Å². The fraction of sp³-hybridized carbons (Fsp3) is 0.368. The number of nitrogens with one attached hydrogen (secondary N) is 1. The first-order chi connectivity index (χ1) is 11.5. The number of Topliss-reactive ketones (excluding diaryl/α,β-unsaturated/α-hetero) is 1. The lowest BCUT2D eigenvalue weighted by Gasteiger charge is -2.27. The summed E-state index contributed by atoms with van der Waals surface area (Å²) in [7, 11) is 0. The molecule has 4 nitrogen and oxygen atoms in total. The van der Waals surface area contributed by atoms with E-state index in [0.29, 0.717) is 24.2 Å². The second-order valence-electron chi connectivity index (χ2n) is 7.00. The molecule has 24 heavy (non-hydrogen) atoms. The van der Waals surface area contributed by atoms with Crippen LogP contribution in [0, 0.1) is 12.3 Å². The van der Waals surface area contributed by atoms with Crippen molar-refractivity contribution in [2.24, 2.45) is 5.41 Å². The molecule has 2 atom stereocenters. The van der Waals surface area contributed by atoms with Crippen LogP contribution < -0.4 is 5.32 Å². The number of hydrogen-bond acceptors (Lipinski definition) is 4. The van der Waals surface area contributed by atoms with Crippen LogP contribution in [-0.2, 0) is 6.54 Å².